The quantitative estimate of drug-likeness (QED) is 0.398. The van der Waals surface area contributed by atoms with Gasteiger partial charge in [-0.15, -0.1) is 0 Å². The lowest BCUT2D eigenvalue weighted by molar-refractivity contribution is -0.146. The summed E-state index contributed by atoms with van der Waals surface area (Å²) in [7, 11) is 0. The molecule has 1 aliphatic heterocycles. The second kappa shape index (κ2) is 11.2. The van der Waals surface area contributed by atoms with Crippen LogP contribution in [0.15, 0.2) is 9.59 Å². The molecule has 0 radical (unpaired) electrons. The molecular formula is C21H32N4O6. The van der Waals surface area contributed by atoms with E-state index in [1.54, 1.807) is 4.57 Å². The zero-order chi connectivity index (χ0) is 22.2. The van der Waals surface area contributed by atoms with Gasteiger partial charge >= 0.3 is 11.7 Å². The van der Waals surface area contributed by atoms with E-state index in [2.05, 4.69) is 9.97 Å². The Bertz CT molecular complexity index is 986. The molecule has 172 valence electrons. The SMILES string of the molecule is CCCCn1c(=O)[nH]c(=O)c2c1nc(COC(=O)CCOCC1CCCO1)n2CCC. The molecular weight excluding hydrogens is 404 g/mol. The van der Waals surface area contributed by atoms with Gasteiger partial charge < -0.3 is 18.8 Å². The molecule has 0 saturated carbocycles. The Morgan fingerprint density at radius 1 is 1.23 bits per heavy atom. The number of esters is 1. The monoisotopic (exact) mass is 436 g/mol. The lowest BCUT2D eigenvalue weighted by Gasteiger charge is -2.10. The summed E-state index contributed by atoms with van der Waals surface area (Å²) >= 11 is 0. The normalized spacial score (nSPS) is 16.3. The number of ether oxygens (including phenoxy) is 3. The first-order chi connectivity index (χ1) is 15.0. The van der Waals surface area contributed by atoms with Crippen molar-refractivity contribution in [1.29, 1.82) is 0 Å². The summed E-state index contributed by atoms with van der Waals surface area (Å²) in [5.74, 6) is 0.0477. The van der Waals surface area contributed by atoms with Crippen molar-refractivity contribution in [1.82, 2.24) is 19.1 Å². The number of hydrogen-bond donors (Lipinski definition) is 1. The van der Waals surface area contributed by atoms with Gasteiger partial charge in [0.05, 0.1) is 25.7 Å². The number of fused-ring (bicyclic) bond motifs is 1. The van der Waals surface area contributed by atoms with E-state index in [9.17, 15) is 14.4 Å². The van der Waals surface area contributed by atoms with Crippen LogP contribution in [0.25, 0.3) is 11.2 Å². The molecule has 2 aromatic heterocycles. The summed E-state index contributed by atoms with van der Waals surface area (Å²) in [6.07, 6.45) is 4.73. The Kier molecular flexibility index (Phi) is 8.42. The van der Waals surface area contributed by atoms with Crippen LogP contribution in [0.4, 0.5) is 0 Å². The molecule has 2 aromatic rings. The molecule has 0 bridgehead atoms. The average Bonchev–Trinajstić information content (AvgIpc) is 3.38. The van der Waals surface area contributed by atoms with Gasteiger partial charge in [-0.2, -0.15) is 0 Å². The fourth-order valence-electron chi connectivity index (χ4n) is 3.68. The van der Waals surface area contributed by atoms with Crippen molar-refractivity contribution in [2.75, 3.05) is 19.8 Å². The van der Waals surface area contributed by atoms with Crippen LogP contribution >= 0.6 is 0 Å². The Labute approximate surface area is 180 Å². The Morgan fingerprint density at radius 3 is 2.77 bits per heavy atom. The molecule has 1 fully saturated rings. The molecule has 0 spiro atoms. The average molecular weight is 437 g/mol. The third-order valence-electron chi connectivity index (χ3n) is 5.29. The predicted molar refractivity (Wildman–Crippen MR) is 114 cm³/mol. The van der Waals surface area contributed by atoms with E-state index in [-0.39, 0.29) is 25.7 Å². The van der Waals surface area contributed by atoms with E-state index < -0.39 is 17.2 Å². The van der Waals surface area contributed by atoms with E-state index in [0.717, 1.165) is 38.7 Å². The topological polar surface area (TPSA) is 117 Å². The molecule has 10 heteroatoms. The van der Waals surface area contributed by atoms with E-state index in [0.29, 0.717) is 36.7 Å². The number of imidazole rings is 1. The van der Waals surface area contributed by atoms with Crippen LogP contribution in [-0.2, 0) is 38.7 Å². The van der Waals surface area contributed by atoms with Gasteiger partial charge in [-0.05, 0) is 25.7 Å². The van der Waals surface area contributed by atoms with E-state index in [4.69, 9.17) is 14.2 Å². The van der Waals surface area contributed by atoms with Crippen LogP contribution in [-0.4, -0.2) is 51.0 Å². The number of aryl methyl sites for hydroxylation is 2. The third-order valence-corrected chi connectivity index (χ3v) is 5.29. The van der Waals surface area contributed by atoms with Gasteiger partial charge in [-0.25, -0.2) is 9.78 Å². The first kappa shape index (κ1) is 23.2. The molecule has 1 unspecified atom stereocenters. The Balaban J connectivity index is 1.68. The second-order valence-corrected chi connectivity index (χ2v) is 7.74. The number of rotatable bonds is 12. The number of unbranched alkanes of at least 4 members (excludes halogenated alkanes) is 1. The van der Waals surface area contributed by atoms with Gasteiger partial charge in [0, 0.05) is 19.7 Å². The first-order valence-electron chi connectivity index (χ1n) is 11.1. The summed E-state index contributed by atoms with van der Waals surface area (Å²) in [4.78, 5) is 43.8. The molecule has 1 N–H and O–H groups in total. The van der Waals surface area contributed by atoms with Crippen molar-refractivity contribution in [3.63, 3.8) is 0 Å². The lowest BCUT2D eigenvalue weighted by Crippen LogP contribution is -2.31. The van der Waals surface area contributed by atoms with Crippen molar-refractivity contribution in [3.8, 4) is 0 Å². The van der Waals surface area contributed by atoms with E-state index in [1.807, 2.05) is 13.8 Å². The maximum absolute atomic E-state index is 12.5. The number of carbonyl (C=O) groups is 1. The Hall–Kier alpha value is -2.46. The maximum atomic E-state index is 12.5. The molecule has 1 aliphatic rings. The highest BCUT2D eigenvalue weighted by Gasteiger charge is 2.19. The molecule has 1 saturated heterocycles. The van der Waals surface area contributed by atoms with Crippen LogP contribution < -0.4 is 11.2 Å². The molecule has 0 aromatic carbocycles. The minimum atomic E-state index is -0.478. The number of aromatic nitrogens is 4. The van der Waals surface area contributed by atoms with Crippen molar-refractivity contribution < 1.29 is 19.0 Å². The van der Waals surface area contributed by atoms with Crippen molar-refractivity contribution in [2.45, 2.75) is 78.2 Å². The fourth-order valence-corrected chi connectivity index (χ4v) is 3.68. The van der Waals surface area contributed by atoms with Crippen LogP contribution in [0.3, 0.4) is 0 Å². The molecule has 31 heavy (non-hydrogen) atoms. The van der Waals surface area contributed by atoms with Crippen LogP contribution in [0, 0.1) is 0 Å². The smallest absolute Gasteiger partial charge is 0.330 e. The van der Waals surface area contributed by atoms with Crippen molar-refractivity contribution in [3.05, 3.63) is 26.7 Å². The fraction of sp³-hybridized carbons (Fsp3) is 0.714. The molecule has 3 rings (SSSR count). The second-order valence-electron chi connectivity index (χ2n) is 7.74. The molecule has 3 heterocycles. The highest BCUT2D eigenvalue weighted by atomic mass is 16.5. The zero-order valence-corrected chi connectivity index (χ0v) is 18.4. The van der Waals surface area contributed by atoms with Gasteiger partial charge in [0.2, 0.25) is 0 Å². The predicted octanol–water partition coefficient (Wildman–Crippen LogP) is 1.73. The largest absolute Gasteiger partial charge is 0.457 e. The number of aromatic amines is 1. The van der Waals surface area contributed by atoms with Gasteiger partial charge in [0.25, 0.3) is 5.56 Å². The standard InChI is InChI=1S/C21H32N4O6/c1-3-5-10-25-19-18(20(27)23-21(25)28)24(9-4-2)16(22-19)14-31-17(26)8-12-29-13-15-7-6-11-30-15/h15H,3-14H2,1-2H3,(H,23,27,28). The van der Waals surface area contributed by atoms with E-state index >= 15 is 0 Å². The zero-order valence-electron chi connectivity index (χ0n) is 18.4. The van der Waals surface area contributed by atoms with Crippen molar-refractivity contribution in [2.24, 2.45) is 0 Å². The number of nitrogens with one attached hydrogen (secondary N) is 1. The van der Waals surface area contributed by atoms with E-state index in [1.165, 1.54) is 4.57 Å². The number of carbonyl (C=O) groups excluding carboxylic acids is 1. The van der Waals surface area contributed by atoms with Gasteiger partial charge in [0.15, 0.2) is 11.2 Å². The summed E-state index contributed by atoms with van der Waals surface area (Å²) in [6.45, 7) is 6.45. The minimum Gasteiger partial charge on any atom is -0.457 e. The third kappa shape index (κ3) is 5.82. The van der Waals surface area contributed by atoms with Crippen LogP contribution in [0.5, 0.6) is 0 Å². The molecule has 1 atom stereocenters. The number of nitrogens with zero attached hydrogens (tertiary/aromatic N) is 3. The number of hydrogen-bond acceptors (Lipinski definition) is 7. The lowest BCUT2D eigenvalue weighted by atomic mass is 10.2. The summed E-state index contributed by atoms with van der Waals surface area (Å²) in [5.41, 5.74) is -0.280. The van der Waals surface area contributed by atoms with Gasteiger partial charge in [-0.3, -0.25) is 19.1 Å². The number of H-pyrrole nitrogens is 1. The summed E-state index contributed by atoms with van der Waals surface area (Å²) in [5, 5.41) is 0. The van der Waals surface area contributed by atoms with Gasteiger partial charge in [-0.1, -0.05) is 20.3 Å². The summed E-state index contributed by atoms with van der Waals surface area (Å²) < 4.78 is 19.6. The summed E-state index contributed by atoms with van der Waals surface area (Å²) in [6, 6.07) is 0. The molecule has 0 amide bonds. The Morgan fingerprint density at radius 2 is 2.06 bits per heavy atom. The highest BCUT2D eigenvalue weighted by Crippen LogP contribution is 2.15. The molecule has 0 aliphatic carbocycles. The highest BCUT2D eigenvalue weighted by molar-refractivity contribution is 5.71. The molecule has 10 nitrogen and oxygen atoms in total. The van der Waals surface area contributed by atoms with Gasteiger partial charge in [0.1, 0.15) is 12.4 Å². The van der Waals surface area contributed by atoms with Crippen molar-refractivity contribution >= 4 is 17.1 Å². The first-order valence-corrected chi connectivity index (χ1v) is 11.1. The minimum absolute atomic E-state index is 0.0688. The maximum Gasteiger partial charge on any atom is 0.330 e. The van der Waals surface area contributed by atoms with Crippen LogP contribution in [0.2, 0.25) is 0 Å². The van der Waals surface area contributed by atoms with Crippen LogP contribution in [0.1, 0.15) is 58.2 Å².